The molecule has 1 aliphatic rings. The summed E-state index contributed by atoms with van der Waals surface area (Å²) in [6.07, 6.45) is -0.951. The van der Waals surface area contributed by atoms with Crippen molar-refractivity contribution >= 4 is 10.9 Å². The Morgan fingerprint density at radius 3 is 2.43 bits per heavy atom. The third-order valence-corrected chi connectivity index (χ3v) is 6.86. The largest absolute Gasteiger partial charge is 0.416 e. The number of hydrogen-bond acceptors (Lipinski definition) is 3. The molecule has 1 saturated heterocycles. The highest BCUT2D eigenvalue weighted by atomic mass is 19.4. The summed E-state index contributed by atoms with van der Waals surface area (Å²) in [6.45, 7) is 2.34. The quantitative estimate of drug-likeness (QED) is 0.334. The average Bonchev–Trinajstić information content (AvgIpc) is 2.89. The number of fused-ring (bicyclic) bond motifs is 1. The molecule has 0 unspecified atom stereocenters. The topological polar surface area (TPSA) is 34.1 Å². The second kappa shape index (κ2) is 9.80. The normalized spacial score (nSPS) is 15.9. The lowest BCUT2D eigenvalue weighted by Crippen LogP contribution is -2.43. The molecule has 1 aliphatic heterocycles. The van der Waals surface area contributed by atoms with E-state index in [1.807, 2.05) is 48.5 Å². The molecule has 0 bridgehead atoms. The maximum absolute atomic E-state index is 13.8. The van der Waals surface area contributed by atoms with Gasteiger partial charge in [0.05, 0.1) is 24.3 Å². The molecule has 5 rings (SSSR count). The molecule has 1 N–H and O–H groups in total. The summed E-state index contributed by atoms with van der Waals surface area (Å²) in [7, 11) is 0. The van der Waals surface area contributed by atoms with Crippen LogP contribution in [0.3, 0.4) is 0 Å². The van der Waals surface area contributed by atoms with Crippen LogP contribution in [0.2, 0.25) is 0 Å². The zero-order chi connectivity index (χ0) is 24.3. The number of alkyl halides is 3. The molecule has 0 spiro atoms. The van der Waals surface area contributed by atoms with Gasteiger partial charge in [-0.25, -0.2) is 0 Å². The summed E-state index contributed by atoms with van der Waals surface area (Å²) in [5, 5.41) is 4.28. The van der Waals surface area contributed by atoms with E-state index in [0.717, 1.165) is 31.3 Å². The van der Waals surface area contributed by atoms with E-state index in [0.29, 0.717) is 28.8 Å². The highest BCUT2D eigenvalue weighted by Gasteiger charge is 2.34. The van der Waals surface area contributed by atoms with Crippen molar-refractivity contribution in [2.24, 2.45) is 0 Å². The molecular formula is C29H27F3N2O. The first-order chi connectivity index (χ1) is 16.9. The molecule has 3 nitrogen and oxygen atoms in total. The Kier molecular flexibility index (Phi) is 6.58. The van der Waals surface area contributed by atoms with Crippen molar-refractivity contribution in [3.05, 3.63) is 102 Å². The number of nitrogens with zero attached hydrogens (tertiary/aromatic N) is 1. The van der Waals surface area contributed by atoms with Gasteiger partial charge in [0.1, 0.15) is 0 Å². The molecule has 0 saturated carbocycles. The van der Waals surface area contributed by atoms with Crippen molar-refractivity contribution in [1.29, 1.82) is 0 Å². The van der Waals surface area contributed by atoms with E-state index in [1.165, 1.54) is 17.7 Å². The van der Waals surface area contributed by atoms with Crippen molar-refractivity contribution in [2.45, 2.75) is 31.0 Å². The number of ether oxygens (including phenoxy) is 1. The number of aromatic nitrogens is 1. The summed E-state index contributed by atoms with van der Waals surface area (Å²) < 4.78 is 47.6. The Morgan fingerprint density at radius 2 is 1.66 bits per heavy atom. The maximum Gasteiger partial charge on any atom is 0.416 e. The minimum Gasteiger partial charge on any atom is -0.376 e. The summed E-state index contributed by atoms with van der Waals surface area (Å²) in [6, 6.07) is 23.7. The molecule has 180 valence electrons. The Hall–Kier alpha value is -3.22. The summed E-state index contributed by atoms with van der Waals surface area (Å²) in [5.41, 5.74) is 2.74. The van der Waals surface area contributed by atoms with Gasteiger partial charge in [0, 0.05) is 22.6 Å². The van der Waals surface area contributed by atoms with Crippen molar-refractivity contribution in [3.63, 3.8) is 0 Å². The molecule has 0 radical (unpaired) electrons. The van der Waals surface area contributed by atoms with Gasteiger partial charge in [-0.2, -0.15) is 13.2 Å². The zero-order valence-electron chi connectivity index (χ0n) is 19.3. The standard InChI is InChI=1S/C29H27F3N2O/c30-29(31,32)25-17-21(16-23(18-25)26-10-4-6-22-7-5-13-34-27(22)26)19-35-20-28(11-14-33-15-12-28)24-8-2-1-3-9-24/h1-10,13,16-18,33H,11-12,14-15,19-20H2. The smallest absolute Gasteiger partial charge is 0.376 e. The monoisotopic (exact) mass is 476 g/mol. The number of piperidine rings is 1. The molecule has 2 heterocycles. The maximum atomic E-state index is 13.8. The van der Waals surface area contributed by atoms with Gasteiger partial charge in [-0.15, -0.1) is 0 Å². The van der Waals surface area contributed by atoms with Gasteiger partial charge in [-0.1, -0.05) is 54.6 Å². The number of rotatable bonds is 6. The Morgan fingerprint density at radius 1 is 0.886 bits per heavy atom. The fraction of sp³-hybridized carbons (Fsp3) is 0.276. The molecule has 0 atom stereocenters. The fourth-order valence-corrected chi connectivity index (χ4v) is 5.01. The van der Waals surface area contributed by atoms with Crippen LogP contribution in [0.25, 0.3) is 22.0 Å². The number of nitrogens with one attached hydrogen (secondary N) is 1. The molecule has 1 fully saturated rings. The van der Waals surface area contributed by atoms with E-state index in [-0.39, 0.29) is 12.0 Å². The lowest BCUT2D eigenvalue weighted by molar-refractivity contribution is -0.137. The van der Waals surface area contributed by atoms with Crippen molar-refractivity contribution in [2.75, 3.05) is 19.7 Å². The summed E-state index contributed by atoms with van der Waals surface area (Å²) in [4.78, 5) is 4.43. The van der Waals surface area contributed by atoms with E-state index in [9.17, 15) is 13.2 Å². The van der Waals surface area contributed by atoms with Crippen LogP contribution in [0, 0.1) is 0 Å². The predicted octanol–water partition coefficient (Wildman–Crippen LogP) is 6.76. The van der Waals surface area contributed by atoms with Crippen LogP contribution in [0.1, 0.15) is 29.5 Å². The molecular weight excluding hydrogens is 449 g/mol. The van der Waals surface area contributed by atoms with E-state index < -0.39 is 11.7 Å². The van der Waals surface area contributed by atoms with Gasteiger partial charge in [-0.3, -0.25) is 4.98 Å². The highest BCUT2D eigenvalue weighted by Crippen LogP contribution is 2.37. The Bertz CT molecular complexity index is 1290. The third-order valence-electron chi connectivity index (χ3n) is 6.86. The van der Waals surface area contributed by atoms with Gasteiger partial charge in [0.15, 0.2) is 0 Å². The van der Waals surface area contributed by atoms with Gasteiger partial charge in [0.2, 0.25) is 0 Å². The second-order valence-corrected chi connectivity index (χ2v) is 9.19. The fourth-order valence-electron chi connectivity index (χ4n) is 5.01. The number of hydrogen-bond donors (Lipinski definition) is 1. The molecule has 0 amide bonds. The first-order valence-corrected chi connectivity index (χ1v) is 11.8. The molecule has 3 aromatic carbocycles. The Balaban J connectivity index is 1.45. The summed E-state index contributed by atoms with van der Waals surface area (Å²) >= 11 is 0. The van der Waals surface area contributed by atoms with E-state index in [2.05, 4.69) is 22.4 Å². The van der Waals surface area contributed by atoms with Crippen LogP contribution in [-0.2, 0) is 22.9 Å². The van der Waals surface area contributed by atoms with Crippen LogP contribution in [0.5, 0.6) is 0 Å². The van der Waals surface area contributed by atoms with Crippen molar-refractivity contribution in [3.8, 4) is 11.1 Å². The minimum absolute atomic E-state index is 0.108. The van der Waals surface area contributed by atoms with E-state index in [4.69, 9.17) is 4.74 Å². The van der Waals surface area contributed by atoms with Gasteiger partial charge in [0.25, 0.3) is 0 Å². The lowest BCUT2D eigenvalue weighted by atomic mass is 9.74. The summed E-state index contributed by atoms with van der Waals surface area (Å²) in [5.74, 6) is 0. The third kappa shape index (κ3) is 5.09. The number of benzene rings is 3. The van der Waals surface area contributed by atoms with Gasteiger partial charge >= 0.3 is 6.18 Å². The average molecular weight is 477 g/mol. The first-order valence-electron chi connectivity index (χ1n) is 11.8. The van der Waals surface area contributed by atoms with Crippen LogP contribution < -0.4 is 5.32 Å². The zero-order valence-corrected chi connectivity index (χ0v) is 19.3. The Labute approximate surface area is 203 Å². The van der Waals surface area contributed by atoms with E-state index in [1.54, 1.807) is 12.3 Å². The molecule has 1 aromatic heterocycles. The lowest BCUT2D eigenvalue weighted by Gasteiger charge is -2.38. The number of para-hydroxylation sites is 1. The van der Waals surface area contributed by atoms with Crippen LogP contribution >= 0.6 is 0 Å². The second-order valence-electron chi connectivity index (χ2n) is 9.19. The molecule has 35 heavy (non-hydrogen) atoms. The van der Waals surface area contributed by atoms with Crippen LogP contribution in [-0.4, -0.2) is 24.7 Å². The van der Waals surface area contributed by atoms with Crippen LogP contribution in [0.15, 0.2) is 85.1 Å². The van der Waals surface area contributed by atoms with Gasteiger partial charge in [-0.05, 0) is 66.9 Å². The van der Waals surface area contributed by atoms with E-state index >= 15 is 0 Å². The number of pyridine rings is 1. The number of halogens is 3. The predicted molar refractivity (Wildman–Crippen MR) is 132 cm³/mol. The molecule has 6 heteroatoms. The van der Waals surface area contributed by atoms with Gasteiger partial charge < -0.3 is 10.1 Å². The molecule has 0 aliphatic carbocycles. The van der Waals surface area contributed by atoms with Crippen molar-refractivity contribution in [1.82, 2.24) is 10.3 Å². The first kappa shape index (κ1) is 23.5. The van der Waals surface area contributed by atoms with Crippen LogP contribution in [0.4, 0.5) is 13.2 Å². The molecule has 4 aromatic rings. The highest BCUT2D eigenvalue weighted by molar-refractivity contribution is 5.93. The minimum atomic E-state index is -4.46. The SMILES string of the molecule is FC(F)(F)c1cc(COCC2(c3ccccc3)CCNCC2)cc(-c2cccc3cccnc23)c1. The van der Waals surface area contributed by atoms with Crippen molar-refractivity contribution < 1.29 is 17.9 Å².